The van der Waals surface area contributed by atoms with E-state index in [1.807, 2.05) is 20.8 Å². The minimum atomic E-state index is -0.242. The lowest BCUT2D eigenvalue weighted by atomic mass is 9.96. The molecule has 0 bridgehead atoms. The number of rotatable bonds is 3. The van der Waals surface area contributed by atoms with Gasteiger partial charge in [0.25, 0.3) is 0 Å². The predicted molar refractivity (Wildman–Crippen MR) is 47.4 cm³/mol. The molecule has 0 heterocycles. The van der Waals surface area contributed by atoms with Crippen LogP contribution in [-0.4, -0.2) is 12.5 Å². The quantitative estimate of drug-likeness (QED) is 0.623. The van der Waals surface area contributed by atoms with E-state index in [2.05, 4.69) is 12.2 Å². The first-order valence-electron chi connectivity index (χ1n) is 4.26. The summed E-state index contributed by atoms with van der Waals surface area (Å²) in [5, 5.41) is 2.88. The molecule has 0 aromatic heterocycles. The molecule has 0 aromatic rings. The summed E-state index contributed by atoms with van der Waals surface area (Å²) in [5.74, 6) is 0.144. The van der Waals surface area contributed by atoms with Crippen molar-refractivity contribution in [3.63, 3.8) is 0 Å². The van der Waals surface area contributed by atoms with Gasteiger partial charge in [0.05, 0.1) is 0 Å². The second-order valence-corrected chi connectivity index (χ2v) is 3.86. The normalized spacial score (nSPS) is 11.3. The van der Waals surface area contributed by atoms with Crippen molar-refractivity contribution < 1.29 is 4.79 Å². The van der Waals surface area contributed by atoms with Crippen LogP contribution in [0.3, 0.4) is 0 Å². The summed E-state index contributed by atoms with van der Waals surface area (Å²) in [4.78, 5) is 11.2. The van der Waals surface area contributed by atoms with E-state index < -0.39 is 0 Å². The molecular weight excluding hydrogens is 138 g/mol. The number of nitrogens with one attached hydrogen (secondary N) is 1. The van der Waals surface area contributed by atoms with Gasteiger partial charge in [-0.25, -0.2) is 0 Å². The molecule has 11 heavy (non-hydrogen) atoms. The Bertz CT molecular complexity index is 124. The summed E-state index contributed by atoms with van der Waals surface area (Å²) in [5.41, 5.74) is -0.242. The first kappa shape index (κ1) is 10.5. The Morgan fingerprint density at radius 2 is 1.91 bits per heavy atom. The van der Waals surface area contributed by atoms with Crippen molar-refractivity contribution >= 4 is 5.91 Å². The molecule has 2 heteroatoms. The van der Waals surface area contributed by atoms with E-state index >= 15 is 0 Å². The molecule has 0 fully saturated rings. The first-order valence-corrected chi connectivity index (χ1v) is 4.26. The fourth-order valence-corrected chi connectivity index (χ4v) is 0.644. The molecule has 0 aliphatic heterocycles. The molecule has 1 amide bonds. The Balaban J connectivity index is 3.54. The third kappa shape index (κ3) is 4.82. The van der Waals surface area contributed by atoms with E-state index in [-0.39, 0.29) is 11.3 Å². The van der Waals surface area contributed by atoms with E-state index in [0.717, 1.165) is 19.4 Å². The van der Waals surface area contributed by atoms with Crippen LogP contribution < -0.4 is 5.32 Å². The summed E-state index contributed by atoms with van der Waals surface area (Å²) >= 11 is 0. The SMILES string of the molecule is CCCCNC(=O)C(C)(C)C. The molecular formula is C9H19NO. The molecule has 0 saturated carbocycles. The average molecular weight is 157 g/mol. The van der Waals surface area contributed by atoms with E-state index in [9.17, 15) is 4.79 Å². The van der Waals surface area contributed by atoms with Crippen molar-refractivity contribution in [1.82, 2.24) is 5.32 Å². The van der Waals surface area contributed by atoms with Crippen molar-refractivity contribution in [2.24, 2.45) is 5.41 Å². The Morgan fingerprint density at radius 1 is 1.36 bits per heavy atom. The van der Waals surface area contributed by atoms with Crippen molar-refractivity contribution in [3.8, 4) is 0 Å². The highest BCUT2D eigenvalue weighted by Crippen LogP contribution is 2.11. The summed E-state index contributed by atoms with van der Waals surface area (Å²) in [7, 11) is 0. The van der Waals surface area contributed by atoms with Crippen LogP contribution in [0.15, 0.2) is 0 Å². The maximum atomic E-state index is 11.2. The van der Waals surface area contributed by atoms with Crippen LogP contribution in [0.25, 0.3) is 0 Å². The molecule has 66 valence electrons. The average Bonchev–Trinajstić information content (AvgIpc) is 1.86. The number of carbonyl (C=O) groups excluding carboxylic acids is 1. The van der Waals surface area contributed by atoms with Crippen molar-refractivity contribution in [2.75, 3.05) is 6.54 Å². The molecule has 0 rings (SSSR count). The molecule has 2 nitrogen and oxygen atoms in total. The maximum Gasteiger partial charge on any atom is 0.225 e. The van der Waals surface area contributed by atoms with Gasteiger partial charge in [-0.1, -0.05) is 34.1 Å². The van der Waals surface area contributed by atoms with E-state index in [0.29, 0.717) is 0 Å². The molecule has 1 N–H and O–H groups in total. The Labute approximate surface area is 69.4 Å². The highest BCUT2D eigenvalue weighted by Gasteiger charge is 2.19. The molecule has 0 radical (unpaired) electrons. The van der Waals surface area contributed by atoms with Gasteiger partial charge in [0.1, 0.15) is 0 Å². The number of hydrogen-bond donors (Lipinski definition) is 1. The smallest absolute Gasteiger partial charge is 0.225 e. The molecule has 0 unspecified atom stereocenters. The summed E-state index contributed by atoms with van der Waals surface area (Å²) in [6, 6.07) is 0. The number of amides is 1. The zero-order valence-electron chi connectivity index (χ0n) is 8.03. The van der Waals surface area contributed by atoms with Gasteiger partial charge in [0, 0.05) is 12.0 Å². The predicted octanol–water partition coefficient (Wildman–Crippen LogP) is 1.95. The zero-order chi connectivity index (χ0) is 8.91. The maximum absolute atomic E-state index is 11.2. The van der Waals surface area contributed by atoms with Crippen LogP contribution >= 0.6 is 0 Å². The molecule has 0 saturated heterocycles. The van der Waals surface area contributed by atoms with Crippen LogP contribution in [0, 0.1) is 5.41 Å². The van der Waals surface area contributed by atoms with Gasteiger partial charge in [-0.2, -0.15) is 0 Å². The zero-order valence-corrected chi connectivity index (χ0v) is 8.03. The monoisotopic (exact) mass is 157 g/mol. The van der Waals surface area contributed by atoms with Gasteiger partial charge in [0.15, 0.2) is 0 Å². The van der Waals surface area contributed by atoms with Gasteiger partial charge in [0.2, 0.25) is 5.91 Å². The van der Waals surface area contributed by atoms with Gasteiger partial charge in [-0.15, -0.1) is 0 Å². The fraction of sp³-hybridized carbons (Fsp3) is 0.889. The Hall–Kier alpha value is -0.530. The van der Waals surface area contributed by atoms with E-state index in [1.54, 1.807) is 0 Å². The summed E-state index contributed by atoms with van der Waals surface area (Å²) < 4.78 is 0. The number of hydrogen-bond acceptors (Lipinski definition) is 1. The molecule has 0 spiro atoms. The van der Waals surface area contributed by atoms with Gasteiger partial charge >= 0.3 is 0 Å². The summed E-state index contributed by atoms with van der Waals surface area (Å²) in [6.45, 7) is 8.70. The topological polar surface area (TPSA) is 29.1 Å². The third-order valence-corrected chi connectivity index (χ3v) is 1.50. The standard InChI is InChI=1S/C9H19NO/c1-5-6-7-10-8(11)9(2,3)4/h5-7H2,1-4H3,(H,10,11). The van der Waals surface area contributed by atoms with Crippen LogP contribution in [0.2, 0.25) is 0 Å². The fourth-order valence-electron chi connectivity index (χ4n) is 0.644. The van der Waals surface area contributed by atoms with Gasteiger partial charge in [-0.3, -0.25) is 4.79 Å². The number of unbranched alkanes of at least 4 members (excludes halogenated alkanes) is 1. The van der Waals surface area contributed by atoms with Crippen molar-refractivity contribution in [2.45, 2.75) is 40.5 Å². The second-order valence-electron chi connectivity index (χ2n) is 3.86. The Kier molecular flexibility index (Phi) is 4.16. The molecule has 0 aliphatic carbocycles. The lowest BCUT2D eigenvalue weighted by molar-refractivity contribution is -0.128. The lowest BCUT2D eigenvalue weighted by Gasteiger charge is -2.17. The van der Waals surface area contributed by atoms with Gasteiger partial charge in [-0.05, 0) is 6.42 Å². The summed E-state index contributed by atoms with van der Waals surface area (Å²) in [6.07, 6.45) is 2.20. The number of carbonyl (C=O) groups is 1. The third-order valence-electron chi connectivity index (χ3n) is 1.50. The Morgan fingerprint density at radius 3 is 2.27 bits per heavy atom. The molecule has 0 atom stereocenters. The van der Waals surface area contributed by atoms with Crippen LogP contribution in [-0.2, 0) is 4.79 Å². The molecule has 0 aromatic carbocycles. The van der Waals surface area contributed by atoms with Crippen molar-refractivity contribution in [1.29, 1.82) is 0 Å². The van der Waals surface area contributed by atoms with Crippen molar-refractivity contribution in [3.05, 3.63) is 0 Å². The first-order chi connectivity index (χ1) is 4.98. The van der Waals surface area contributed by atoms with E-state index in [4.69, 9.17) is 0 Å². The highest BCUT2D eigenvalue weighted by atomic mass is 16.2. The van der Waals surface area contributed by atoms with Crippen LogP contribution in [0.5, 0.6) is 0 Å². The second kappa shape index (κ2) is 4.37. The van der Waals surface area contributed by atoms with E-state index in [1.165, 1.54) is 0 Å². The minimum absolute atomic E-state index is 0.144. The van der Waals surface area contributed by atoms with Crippen LogP contribution in [0.1, 0.15) is 40.5 Å². The lowest BCUT2D eigenvalue weighted by Crippen LogP contribution is -2.35. The van der Waals surface area contributed by atoms with Crippen LogP contribution in [0.4, 0.5) is 0 Å². The molecule has 0 aliphatic rings. The van der Waals surface area contributed by atoms with Gasteiger partial charge < -0.3 is 5.32 Å². The largest absolute Gasteiger partial charge is 0.356 e. The minimum Gasteiger partial charge on any atom is -0.356 e. The highest BCUT2D eigenvalue weighted by molar-refractivity contribution is 5.81.